The van der Waals surface area contributed by atoms with Gasteiger partial charge in [-0.1, -0.05) is 41.9 Å². The summed E-state index contributed by atoms with van der Waals surface area (Å²) in [6.07, 6.45) is 2.64. The Kier molecular flexibility index (Phi) is 9.41. The van der Waals surface area contributed by atoms with E-state index in [1.807, 2.05) is 6.07 Å². The third kappa shape index (κ3) is 6.89. The number of benzene rings is 2. The van der Waals surface area contributed by atoms with Crippen LogP contribution in [0, 0.1) is 3.57 Å². The molecular weight excluding hydrogens is 544 g/mol. The molecule has 0 spiro atoms. The number of hydrazone groups is 1. The summed E-state index contributed by atoms with van der Waals surface area (Å²) in [7, 11) is 1.53. The summed E-state index contributed by atoms with van der Waals surface area (Å²) in [6.45, 7) is 3.96. The van der Waals surface area contributed by atoms with Gasteiger partial charge in [0.25, 0.3) is 0 Å². The van der Waals surface area contributed by atoms with E-state index in [-0.39, 0.29) is 5.02 Å². The smallest absolute Gasteiger partial charge is 0.249 e. The average molecular weight is 562 g/mol. The Bertz CT molecular complexity index is 983. The van der Waals surface area contributed by atoms with Crippen LogP contribution in [0.2, 0.25) is 10.0 Å². The Morgan fingerprint density at radius 2 is 2.03 bits per heavy atom. The molecule has 0 aliphatic rings. The van der Waals surface area contributed by atoms with Crippen molar-refractivity contribution in [1.82, 2.24) is 5.43 Å². The molecule has 0 radical (unpaired) electrons. The highest BCUT2D eigenvalue weighted by Crippen LogP contribution is 2.33. The number of hydrogen-bond acceptors (Lipinski definition) is 5. The molecular formula is C20H18Cl2IN3O4. The lowest BCUT2D eigenvalue weighted by atomic mass is 10.2. The van der Waals surface area contributed by atoms with Crippen molar-refractivity contribution in [2.24, 2.45) is 5.10 Å². The summed E-state index contributed by atoms with van der Waals surface area (Å²) in [5.74, 6) is -0.0221. The molecule has 158 valence electrons. The second kappa shape index (κ2) is 11.8. The van der Waals surface area contributed by atoms with Gasteiger partial charge in [-0.2, -0.15) is 5.10 Å². The van der Waals surface area contributed by atoms with Crippen molar-refractivity contribution in [2.75, 3.05) is 19.0 Å². The molecule has 0 bridgehead atoms. The topological polar surface area (TPSA) is 89.0 Å². The van der Waals surface area contributed by atoms with Gasteiger partial charge in [0.15, 0.2) is 11.5 Å². The van der Waals surface area contributed by atoms with Gasteiger partial charge in [-0.05, 0) is 52.4 Å². The lowest BCUT2D eigenvalue weighted by Crippen LogP contribution is -2.24. The van der Waals surface area contributed by atoms with Crippen molar-refractivity contribution in [3.63, 3.8) is 0 Å². The SMILES string of the molecule is C=CCOc1c(I)cc(C=NNC(=O)CC(=O)Nc2cccc(Cl)c2Cl)cc1OC. The van der Waals surface area contributed by atoms with Crippen LogP contribution in [-0.2, 0) is 9.59 Å². The van der Waals surface area contributed by atoms with Crippen molar-refractivity contribution in [1.29, 1.82) is 0 Å². The zero-order valence-corrected chi connectivity index (χ0v) is 19.5. The lowest BCUT2D eigenvalue weighted by Gasteiger charge is -2.12. The third-order valence-corrected chi connectivity index (χ3v) is 5.17. The number of ether oxygens (including phenoxy) is 2. The predicted molar refractivity (Wildman–Crippen MR) is 127 cm³/mol. The molecule has 2 aromatic rings. The number of anilines is 1. The molecule has 0 heterocycles. The number of rotatable bonds is 9. The molecule has 30 heavy (non-hydrogen) atoms. The van der Waals surface area contributed by atoms with Crippen molar-refractivity contribution < 1.29 is 19.1 Å². The van der Waals surface area contributed by atoms with Crippen molar-refractivity contribution >= 4 is 69.5 Å². The summed E-state index contributed by atoms with van der Waals surface area (Å²) >= 11 is 14.0. The highest BCUT2D eigenvalue weighted by molar-refractivity contribution is 14.1. The first-order chi connectivity index (χ1) is 14.3. The summed E-state index contributed by atoms with van der Waals surface area (Å²) in [5, 5.41) is 6.91. The van der Waals surface area contributed by atoms with Crippen molar-refractivity contribution in [3.05, 3.63) is 62.2 Å². The maximum absolute atomic E-state index is 12.0. The van der Waals surface area contributed by atoms with Gasteiger partial charge in [-0.25, -0.2) is 5.43 Å². The van der Waals surface area contributed by atoms with E-state index in [0.29, 0.717) is 34.4 Å². The van der Waals surface area contributed by atoms with Gasteiger partial charge in [0.2, 0.25) is 11.8 Å². The minimum atomic E-state index is -0.588. The largest absolute Gasteiger partial charge is 0.493 e. The summed E-state index contributed by atoms with van der Waals surface area (Å²) in [5.41, 5.74) is 3.31. The Labute approximate surface area is 197 Å². The lowest BCUT2D eigenvalue weighted by molar-refractivity contribution is -0.126. The maximum atomic E-state index is 12.0. The first-order valence-corrected chi connectivity index (χ1v) is 10.4. The van der Waals surface area contributed by atoms with E-state index >= 15 is 0 Å². The fourth-order valence-electron chi connectivity index (χ4n) is 2.26. The minimum absolute atomic E-state index is 0.204. The van der Waals surface area contributed by atoms with Gasteiger partial charge < -0.3 is 14.8 Å². The number of nitrogens with zero attached hydrogens (tertiary/aromatic N) is 1. The van der Waals surface area contributed by atoms with Gasteiger partial charge in [-0.15, -0.1) is 0 Å². The van der Waals surface area contributed by atoms with Crippen LogP contribution in [0.3, 0.4) is 0 Å². The molecule has 0 saturated carbocycles. The van der Waals surface area contributed by atoms with Crippen LogP contribution in [-0.4, -0.2) is 31.7 Å². The zero-order valence-electron chi connectivity index (χ0n) is 15.9. The molecule has 0 unspecified atom stereocenters. The quantitative estimate of drug-likeness (QED) is 0.153. The molecule has 0 aliphatic heterocycles. The average Bonchev–Trinajstić information content (AvgIpc) is 2.70. The normalized spacial score (nSPS) is 10.5. The monoisotopic (exact) mass is 561 g/mol. The van der Waals surface area contributed by atoms with E-state index in [0.717, 1.165) is 3.57 Å². The number of halogens is 3. The van der Waals surface area contributed by atoms with Crippen LogP contribution < -0.4 is 20.2 Å². The summed E-state index contributed by atoms with van der Waals surface area (Å²) < 4.78 is 11.7. The molecule has 0 fully saturated rings. The second-order valence-electron chi connectivity index (χ2n) is 5.75. The number of carbonyl (C=O) groups is 2. The minimum Gasteiger partial charge on any atom is -0.493 e. The van der Waals surface area contributed by atoms with Gasteiger partial charge in [0.05, 0.1) is 32.6 Å². The van der Waals surface area contributed by atoms with Crippen molar-refractivity contribution in [3.8, 4) is 11.5 Å². The Balaban J connectivity index is 1.95. The van der Waals surface area contributed by atoms with Crippen LogP contribution in [0.25, 0.3) is 0 Å². The number of nitrogens with one attached hydrogen (secondary N) is 2. The summed E-state index contributed by atoms with van der Waals surface area (Å²) in [6, 6.07) is 8.33. The molecule has 0 atom stereocenters. The first-order valence-electron chi connectivity index (χ1n) is 8.52. The van der Waals surface area contributed by atoms with Crippen LogP contribution >= 0.6 is 45.8 Å². The predicted octanol–water partition coefficient (Wildman–Crippen LogP) is 4.65. The van der Waals surface area contributed by atoms with E-state index in [4.69, 9.17) is 32.7 Å². The fraction of sp³-hybridized carbons (Fsp3) is 0.150. The van der Waals surface area contributed by atoms with Gasteiger partial charge in [-0.3, -0.25) is 9.59 Å². The molecule has 0 aliphatic carbocycles. The highest BCUT2D eigenvalue weighted by Gasteiger charge is 2.13. The van der Waals surface area contributed by atoms with Crippen LogP contribution in [0.1, 0.15) is 12.0 Å². The van der Waals surface area contributed by atoms with E-state index in [2.05, 4.69) is 45.0 Å². The molecule has 10 heteroatoms. The third-order valence-electron chi connectivity index (χ3n) is 3.55. The molecule has 7 nitrogen and oxygen atoms in total. The Hall–Kier alpha value is -2.30. The van der Waals surface area contributed by atoms with Crippen molar-refractivity contribution in [2.45, 2.75) is 6.42 Å². The first kappa shape index (κ1) is 24.0. The zero-order chi connectivity index (χ0) is 22.1. The van der Waals surface area contributed by atoms with Gasteiger partial charge >= 0.3 is 0 Å². The standard InChI is InChI=1S/C20H18Cl2IN3O4/c1-3-7-30-20-14(23)8-12(9-16(20)29-2)11-24-26-18(28)10-17(27)25-15-6-4-5-13(21)19(15)22/h3-6,8-9,11H,1,7,10H2,2H3,(H,25,27)(H,26,28). The number of methoxy groups -OCH3 is 1. The Morgan fingerprint density at radius 3 is 2.73 bits per heavy atom. The van der Waals surface area contributed by atoms with E-state index < -0.39 is 18.2 Å². The molecule has 0 aromatic heterocycles. The number of hydrogen-bond donors (Lipinski definition) is 2. The van der Waals surface area contributed by atoms with Crippen LogP contribution in [0.5, 0.6) is 11.5 Å². The molecule has 2 amide bonds. The fourth-order valence-corrected chi connectivity index (χ4v) is 3.38. The number of amides is 2. The molecule has 2 aromatic carbocycles. The summed E-state index contributed by atoms with van der Waals surface area (Å²) in [4.78, 5) is 24.0. The van der Waals surface area contributed by atoms with Crippen LogP contribution in [0.15, 0.2) is 48.1 Å². The maximum Gasteiger partial charge on any atom is 0.249 e. The van der Waals surface area contributed by atoms with Gasteiger partial charge in [0, 0.05) is 0 Å². The molecule has 2 rings (SSSR count). The van der Waals surface area contributed by atoms with E-state index in [9.17, 15) is 9.59 Å². The highest BCUT2D eigenvalue weighted by atomic mass is 127. The van der Waals surface area contributed by atoms with E-state index in [1.165, 1.54) is 13.3 Å². The number of carbonyl (C=O) groups excluding carboxylic acids is 2. The molecule has 0 saturated heterocycles. The van der Waals surface area contributed by atoms with Gasteiger partial charge in [0.1, 0.15) is 13.0 Å². The second-order valence-corrected chi connectivity index (χ2v) is 7.70. The molecule has 2 N–H and O–H groups in total. The van der Waals surface area contributed by atoms with Crippen LogP contribution in [0.4, 0.5) is 5.69 Å². The Morgan fingerprint density at radius 1 is 1.27 bits per heavy atom. The van der Waals surface area contributed by atoms with E-state index in [1.54, 1.807) is 30.3 Å².